The number of phosphoric acid groups is 2. The average molecular weight is 1380 g/mol. The van der Waals surface area contributed by atoms with E-state index < -0.39 is 97.5 Å². The maximum atomic E-state index is 13.1. The third-order valence-electron chi connectivity index (χ3n) is 17.8. The van der Waals surface area contributed by atoms with Crippen molar-refractivity contribution in [3.05, 3.63) is 0 Å². The number of carbonyl (C=O) groups excluding carboxylic acids is 4. The van der Waals surface area contributed by atoms with Crippen molar-refractivity contribution in [3.63, 3.8) is 0 Å². The van der Waals surface area contributed by atoms with Crippen molar-refractivity contribution in [1.82, 2.24) is 0 Å². The largest absolute Gasteiger partial charge is 0.472 e. The summed E-state index contributed by atoms with van der Waals surface area (Å²) in [4.78, 5) is 72.6. The van der Waals surface area contributed by atoms with Crippen LogP contribution >= 0.6 is 15.6 Å². The number of unbranched alkanes of at least 4 members (excludes halogenated alkanes) is 43. The fourth-order valence-corrected chi connectivity index (χ4v) is 13.0. The summed E-state index contributed by atoms with van der Waals surface area (Å²) in [6.45, 7) is 9.60. The Morgan fingerprint density at radius 1 is 0.309 bits per heavy atom. The summed E-state index contributed by atoms with van der Waals surface area (Å²) in [7, 11) is -9.90. The van der Waals surface area contributed by atoms with Crippen LogP contribution in [0, 0.1) is 11.8 Å². The summed E-state index contributed by atoms with van der Waals surface area (Å²) < 4.78 is 68.3. The van der Waals surface area contributed by atoms with E-state index in [0.29, 0.717) is 25.7 Å². The highest BCUT2D eigenvalue weighted by atomic mass is 31.2. The minimum absolute atomic E-state index is 0.107. The highest BCUT2D eigenvalue weighted by Crippen LogP contribution is 2.45. The first kappa shape index (κ1) is 92.1. The second kappa shape index (κ2) is 66.9. The molecule has 0 spiro atoms. The Morgan fingerprint density at radius 3 is 0.809 bits per heavy atom. The Balaban J connectivity index is 5.15. The van der Waals surface area contributed by atoms with Gasteiger partial charge in [-0.2, -0.15) is 0 Å². The maximum absolute atomic E-state index is 13.1. The van der Waals surface area contributed by atoms with Gasteiger partial charge in [0.15, 0.2) is 12.2 Å². The molecule has 6 atom stereocenters. The molecule has 0 fully saturated rings. The zero-order valence-corrected chi connectivity index (χ0v) is 63.1. The number of hydrogen-bond acceptors (Lipinski definition) is 15. The third-order valence-corrected chi connectivity index (χ3v) is 19.7. The number of carbonyl (C=O) groups is 4. The van der Waals surface area contributed by atoms with Gasteiger partial charge in [-0.15, -0.1) is 0 Å². The molecular weight excluding hydrogens is 1230 g/mol. The van der Waals surface area contributed by atoms with Crippen molar-refractivity contribution >= 4 is 39.5 Å². The first-order valence-electron chi connectivity index (χ1n) is 39.0. The summed E-state index contributed by atoms with van der Waals surface area (Å²) >= 11 is 0. The van der Waals surface area contributed by atoms with Gasteiger partial charge in [-0.25, -0.2) is 9.13 Å². The van der Waals surface area contributed by atoms with Gasteiger partial charge in [0.1, 0.15) is 19.3 Å². The minimum Gasteiger partial charge on any atom is -0.462 e. The summed E-state index contributed by atoms with van der Waals surface area (Å²) in [5.74, 6) is -0.492. The lowest BCUT2D eigenvalue weighted by Gasteiger charge is -2.21. The molecule has 0 bridgehead atoms. The number of ether oxygens (including phenoxy) is 4. The van der Waals surface area contributed by atoms with Crippen molar-refractivity contribution in [2.24, 2.45) is 11.8 Å². The Bertz CT molecular complexity index is 1820. The lowest BCUT2D eigenvalue weighted by atomic mass is 9.99. The first-order valence-corrected chi connectivity index (χ1v) is 42.0. The monoisotopic (exact) mass is 1380 g/mol. The van der Waals surface area contributed by atoms with E-state index in [1.54, 1.807) is 0 Å². The van der Waals surface area contributed by atoms with Crippen LogP contribution in [0.1, 0.15) is 388 Å². The van der Waals surface area contributed by atoms with Gasteiger partial charge >= 0.3 is 39.5 Å². The molecule has 0 aromatic heterocycles. The molecule has 558 valence electrons. The normalized spacial score (nSPS) is 14.3. The van der Waals surface area contributed by atoms with Gasteiger partial charge in [-0.1, -0.05) is 337 Å². The molecule has 94 heavy (non-hydrogen) atoms. The fourth-order valence-electron chi connectivity index (χ4n) is 11.4. The van der Waals surface area contributed by atoms with E-state index in [0.717, 1.165) is 115 Å². The molecular formula is C75H146O17P2. The van der Waals surface area contributed by atoms with Gasteiger partial charge in [-0.05, 0) is 37.5 Å². The predicted molar refractivity (Wildman–Crippen MR) is 381 cm³/mol. The highest BCUT2D eigenvalue weighted by Gasteiger charge is 2.30. The van der Waals surface area contributed by atoms with Crippen LogP contribution < -0.4 is 0 Å². The lowest BCUT2D eigenvalue weighted by molar-refractivity contribution is -0.161. The van der Waals surface area contributed by atoms with Gasteiger partial charge < -0.3 is 33.8 Å². The number of rotatable bonds is 74. The number of phosphoric ester groups is 2. The van der Waals surface area contributed by atoms with E-state index in [9.17, 15) is 43.2 Å². The van der Waals surface area contributed by atoms with Crippen molar-refractivity contribution in [2.75, 3.05) is 39.6 Å². The number of aliphatic hydroxyl groups excluding tert-OH is 1. The molecule has 0 amide bonds. The van der Waals surface area contributed by atoms with Gasteiger partial charge in [0.05, 0.1) is 26.4 Å². The second-order valence-electron chi connectivity index (χ2n) is 27.8. The van der Waals surface area contributed by atoms with Crippen LogP contribution in [0.3, 0.4) is 0 Å². The molecule has 0 aromatic carbocycles. The van der Waals surface area contributed by atoms with Crippen LogP contribution in [0.2, 0.25) is 0 Å². The Morgan fingerprint density at radius 2 is 0.543 bits per heavy atom. The highest BCUT2D eigenvalue weighted by molar-refractivity contribution is 7.47. The molecule has 17 nitrogen and oxygen atoms in total. The van der Waals surface area contributed by atoms with E-state index >= 15 is 0 Å². The van der Waals surface area contributed by atoms with Crippen molar-refractivity contribution < 1.29 is 80.2 Å². The number of hydrogen-bond donors (Lipinski definition) is 3. The van der Waals surface area contributed by atoms with E-state index in [1.807, 2.05) is 0 Å². The lowest BCUT2D eigenvalue weighted by Crippen LogP contribution is -2.30. The van der Waals surface area contributed by atoms with Crippen LogP contribution in [0.4, 0.5) is 0 Å². The van der Waals surface area contributed by atoms with Crippen LogP contribution in [0.25, 0.3) is 0 Å². The van der Waals surface area contributed by atoms with Crippen molar-refractivity contribution in [2.45, 2.75) is 407 Å². The smallest absolute Gasteiger partial charge is 0.462 e. The summed E-state index contributed by atoms with van der Waals surface area (Å²) in [6.07, 6.45) is 54.2. The van der Waals surface area contributed by atoms with Crippen LogP contribution in [-0.4, -0.2) is 96.7 Å². The molecule has 3 unspecified atom stereocenters. The predicted octanol–water partition coefficient (Wildman–Crippen LogP) is 21.9. The van der Waals surface area contributed by atoms with E-state index in [-0.39, 0.29) is 25.7 Å². The van der Waals surface area contributed by atoms with Crippen molar-refractivity contribution in [3.8, 4) is 0 Å². The van der Waals surface area contributed by atoms with E-state index in [4.69, 9.17) is 37.0 Å². The SMILES string of the molecule is CCCCCCCCCCCCCCC(=O)O[C@H](COC(=O)CCCCCCCCC)COP(=O)(O)OC[C@H](O)COP(=O)(O)OC[C@@H](COC(=O)CCCCCCCCCCCCC(C)C)OC(=O)CCCCCCCCCCCCCCCCCCCCC(C)CC. The molecule has 0 aliphatic heterocycles. The Labute approximate surface area is 575 Å². The van der Waals surface area contributed by atoms with Crippen molar-refractivity contribution in [1.29, 1.82) is 0 Å². The quantitative estimate of drug-likeness (QED) is 0.0222. The molecule has 0 saturated heterocycles. The second-order valence-corrected chi connectivity index (χ2v) is 30.7. The zero-order valence-electron chi connectivity index (χ0n) is 61.3. The zero-order chi connectivity index (χ0) is 69.3. The first-order chi connectivity index (χ1) is 45.4. The fraction of sp³-hybridized carbons (Fsp3) is 0.947. The number of esters is 4. The van der Waals surface area contributed by atoms with Crippen LogP contribution in [-0.2, 0) is 65.4 Å². The average Bonchev–Trinajstić information content (AvgIpc) is 1.79. The summed E-state index contributed by atoms with van der Waals surface area (Å²) in [6, 6.07) is 0. The van der Waals surface area contributed by atoms with E-state index in [1.165, 1.54) is 193 Å². The van der Waals surface area contributed by atoms with Gasteiger partial charge in [0.25, 0.3) is 0 Å². The summed E-state index contributed by atoms with van der Waals surface area (Å²) in [5.41, 5.74) is 0. The topological polar surface area (TPSA) is 237 Å². The Hall–Kier alpha value is -1.94. The van der Waals surface area contributed by atoms with Gasteiger partial charge in [-0.3, -0.25) is 37.3 Å². The molecule has 0 heterocycles. The third kappa shape index (κ3) is 67.3. The molecule has 0 rings (SSSR count). The van der Waals surface area contributed by atoms with Crippen LogP contribution in [0.5, 0.6) is 0 Å². The maximum Gasteiger partial charge on any atom is 0.472 e. The van der Waals surface area contributed by atoms with Gasteiger partial charge in [0.2, 0.25) is 0 Å². The molecule has 0 radical (unpaired) electrons. The minimum atomic E-state index is -4.95. The molecule has 0 aromatic rings. The molecule has 19 heteroatoms. The van der Waals surface area contributed by atoms with Crippen LogP contribution in [0.15, 0.2) is 0 Å². The molecule has 0 aliphatic carbocycles. The van der Waals surface area contributed by atoms with Gasteiger partial charge in [0, 0.05) is 25.7 Å². The number of aliphatic hydroxyl groups is 1. The molecule has 0 saturated carbocycles. The standard InChI is InChI=1S/C75H146O17P2/c1-7-10-12-14-16-17-18-28-35-41-47-53-59-74(79)91-70(63-85-72(77)57-51-45-37-15-13-11-8-2)65-89-93(81,82)87-61-69(76)62-88-94(83,84)90-66-71(64-86-73(78)58-52-46-40-34-31-30-32-38-43-49-55-67(4)5)92-75(80)60-54-48-42-36-29-26-24-22-20-19-21-23-25-27-33-39-44-50-56-68(6)9-3/h67-71,76H,7-66H2,1-6H3,(H,81,82)(H,83,84)/t68?,69-,70+,71+/m0/s1. The van der Waals surface area contributed by atoms with E-state index in [2.05, 4.69) is 41.5 Å². The molecule has 3 N–H and O–H groups in total. The summed E-state index contributed by atoms with van der Waals surface area (Å²) in [5, 5.41) is 10.6. The molecule has 0 aliphatic rings. The Kier molecular flexibility index (Phi) is 65.5.